The third-order valence-electron chi connectivity index (χ3n) is 4.12. The van der Waals surface area contributed by atoms with Gasteiger partial charge in [0, 0.05) is 43.1 Å². The van der Waals surface area contributed by atoms with E-state index in [0.717, 1.165) is 43.1 Å². The quantitative estimate of drug-likeness (QED) is 0.866. The van der Waals surface area contributed by atoms with Gasteiger partial charge in [0.1, 0.15) is 0 Å². The number of carbonyl (C=O) groups is 1. The number of amides is 1. The van der Waals surface area contributed by atoms with Gasteiger partial charge in [-0.2, -0.15) is 0 Å². The van der Waals surface area contributed by atoms with Gasteiger partial charge in [0.15, 0.2) is 0 Å². The molecule has 0 unspecified atom stereocenters. The van der Waals surface area contributed by atoms with Gasteiger partial charge < -0.3 is 15.5 Å². The van der Waals surface area contributed by atoms with E-state index in [-0.39, 0.29) is 5.91 Å². The van der Waals surface area contributed by atoms with Gasteiger partial charge in [0.2, 0.25) is 0 Å². The fraction of sp³-hybridized carbons (Fsp3) is 0.278. The summed E-state index contributed by atoms with van der Waals surface area (Å²) >= 11 is 0. The highest BCUT2D eigenvalue weighted by molar-refractivity contribution is 5.94. The molecule has 2 aromatic rings. The Morgan fingerprint density at radius 1 is 0.909 bits per heavy atom. The van der Waals surface area contributed by atoms with Gasteiger partial charge in [-0.1, -0.05) is 17.7 Å². The van der Waals surface area contributed by atoms with E-state index in [0.29, 0.717) is 0 Å². The standard InChI is InChI=1S/C18H21N3O/c1-14-2-4-15(5-3-14)18(22)21-12-10-20(11-13-21)17-8-6-16(19)7-9-17/h2-9H,10-13,19H2,1H3. The van der Waals surface area contributed by atoms with E-state index in [1.54, 1.807) is 0 Å². The van der Waals surface area contributed by atoms with Gasteiger partial charge in [-0.25, -0.2) is 0 Å². The third kappa shape index (κ3) is 3.06. The maximum Gasteiger partial charge on any atom is 0.253 e. The molecule has 0 bridgehead atoms. The summed E-state index contributed by atoms with van der Waals surface area (Å²) in [6.45, 7) is 5.22. The molecular weight excluding hydrogens is 274 g/mol. The van der Waals surface area contributed by atoms with Crippen molar-refractivity contribution in [1.82, 2.24) is 4.90 Å². The van der Waals surface area contributed by atoms with Gasteiger partial charge in [-0.05, 0) is 43.3 Å². The van der Waals surface area contributed by atoms with Crippen LogP contribution in [0.15, 0.2) is 48.5 Å². The minimum Gasteiger partial charge on any atom is -0.399 e. The Hall–Kier alpha value is -2.49. The molecule has 0 radical (unpaired) electrons. The highest BCUT2D eigenvalue weighted by Gasteiger charge is 2.22. The SMILES string of the molecule is Cc1ccc(C(=O)N2CCN(c3ccc(N)cc3)CC2)cc1. The van der Waals surface area contributed by atoms with Crippen LogP contribution >= 0.6 is 0 Å². The Labute approximate surface area is 131 Å². The largest absolute Gasteiger partial charge is 0.399 e. The lowest BCUT2D eigenvalue weighted by atomic mass is 10.1. The van der Waals surface area contributed by atoms with Crippen LogP contribution in [0.4, 0.5) is 11.4 Å². The summed E-state index contributed by atoms with van der Waals surface area (Å²) in [7, 11) is 0. The Bertz CT molecular complexity index is 641. The lowest BCUT2D eigenvalue weighted by molar-refractivity contribution is 0.0747. The average Bonchev–Trinajstić information content (AvgIpc) is 2.56. The third-order valence-corrected chi connectivity index (χ3v) is 4.12. The van der Waals surface area contributed by atoms with Gasteiger partial charge in [-0.15, -0.1) is 0 Å². The van der Waals surface area contributed by atoms with E-state index in [9.17, 15) is 4.79 Å². The van der Waals surface area contributed by atoms with Crippen LogP contribution in [-0.4, -0.2) is 37.0 Å². The number of nitrogens with zero attached hydrogens (tertiary/aromatic N) is 2. The number of piperazine rings is 1. The number of aryl methyl sites for hydroxylation is 1. The molecule has 1 fully saturated rings. The first-order chi connectivity index (χ1) is 10.6. The maximum absolute atomic E-state index is 12.5. The summed E-state index contributed by atoms with van der Waals surface area (Å²) < 4.78 is 0. The Balaban J connectivity index is 1.62. The Morgan fingerprint density at radius 3 is 2.09 bits per heavy atom. The number of nitrogen functional groups attached to an aromatic ring is 1. The summed E-state index contributed by atoms with van der Waals surface area (Å²) in [5, 5.41) is 0. The molecule has 0 aromatic heterocycles. The zero-order valence-corrected chi connectivity index (χ0v) is 12.8. The van der Waals surface area contributed by atoms with E-state index in [2.05, 4.69) is 4.90 Å². The molecule has 114 valence electrons. The van der Waals surface area contributed by atoms with Crippen LogP contribution in [0.5, 0.6) is 0 Å². The first-order valence-electron chi connectivity index (χ1n) is 7.60. The molecule has 1 aliphatic rings. The fourth-order valence-electron chi connectivity index (χ4n) is 2.73. The highest BCUT2D eigenvalue weighted by atomic mass is 16.2. The zero-order chi connectivity index (χ0) is 15.5. The van der Waals surface area contributed by atoms with Crippen molar-refractivity contribution in [3.63, 3.8) is 0 Å². The van der Waals surface area contributed by atoms with Crippen LogP contribution in [0.3, 0.4) is 0 Å². The lowest BCUT2D eigenvalue weighted by Crippen LogP contribution is -2.48. The van der Waals surface area contributed by atoms with E-state index < -0.39 is 0 Å². The van der Waals surface area contributed by atoms with Crippen molar-refractivity contribution < 1.29 is 4.79 Å². The Kier molecular flexibility index (Phi) is 4.00. The minimum atomic E-state index is 0.122. The second kappa shape index (κ2) is 6.10. The first kappa shape index (κ1) is 14.4. The summed E-state index contributed by atoms with van der Waals surface area (Å²) in [5.41, 5.74) is 9.60. The monoisotopic (exact) mass is 295 g/mol. The second-order valence-electron chi connectivity index (χ2n) is 5.74. The lowest BCUT2D eigenvalue weighted by Gasteiger charge is -2.36. The number of nitrogens with two attached hydrogens (primary N) is 1. The number of benzene rings is 2. The van der Waals surface area contributed by atoms with Crippen LogP contribution in [-0.2, 0) is 0 Å². The number of hydrogen-bond donors (Lipinski definition) is 1. The van der Waals surface area contributed by atoms with Crippen molar-refractivity contribution in [2.24, 2.45) is 0 Å². The molecule has 1 aliphatic heterocycles. The summed E-state index contributed by atoms with van der Waals surface area (Å²) in [5.74, 6) is 0.122. The van der Waals surface area contributed by atoms with Crippen molar-refractivity contribution in [1.29, 1.82) is 0 Å². The average molecular weight is 295 g/mol. The van der Waals surface area contributed by atoms with E-state index >= 15 is 0 Å². The molecule has 0 saturated carbocycles. The number of carbonyl (C=O) groups excluding carboxylic acids is 1. The summed E-state index contributed by atoms with van der Waals surface area (Å²) in [6, 6.07) is 15.7. The van der Waals surface area contributed by atoms with Crippen molar-refractivity contribution in [2.75, 3.05) is 36.8 Å². The topological polar surface area (TPSA) is 49.6 Å². The van der Waals surface area contributed by atoms with E-state index in [4.69, 9.17) is 5.73 Å². The fourth-order valence-corrected chi connectivity index (χ4v) is 2.73. The number of rotatable bonds is 2. The van der Waals surface area contributed by atoms with Gasteiger partial charge in [0.05, 0.1) is 0 Å². The predicted octanol–water partition coefficient (Wildman–Crippen LogP) is 2.54. The molecule has 4 heteroatoms. The molecular formula is C18H21N3O. The van der Waals surface area contributed by atoms with Crippen LogP contribution in [0, 0.1) is 6.92 Å². The molecule has 0 atom stereocenters. The molecule has 0 aliphatic carbocycles. The van der Waals surface area contributed by atoms with E-state index in [1.807, 2.05) is 60.4 Å². The number of anilines is 2. The van der Waals surface area contributed by atoms with Crippen LogP contribution < -0.4 is 10.6 Å². The zero-order valence-electron chi connectivity index (χ0n) is 12.8. The van der Waals surface area contributed by atoms with Crippen LogP contribution in [0.2, 0.25) is 0 Å². The normalized spacial score (nSPS) is 15.0. The van der Waals surface area contributed by atoms with Crippen molar-refractivity contribution in [3.8, 4) is 0 Å². The first-order valence-corrected chi connectivity index (χ1v) is 7.60. The Morgan fingerprint density at radius 2 is 1.50 bits per heavy atom. The second-order valence-corrected chi connectivity index (χ2v) is 5.74. The molecule has 2 N–H and O–H groups in total. The summed E-state index contributed by atoms with van der Waals surface area (Å²) in [4.78, 5) is 16.7. The van der Waals surface area contributed by atoms with Crippen molar-refractivity contribution in [2.45, 2.75) is 6.92 Å². The van der Waals surface area contributed by atoms with Crippen LogP contribution in [0.25, 0.3) is 0 Å². The van der Waals surface area contributed by atoms with E-state index in [1.165, 1.54) is 5.56 Å². The van der Waals surface area contributed by atoms with Crippen LogP contribution in [0.1, 0.15) is 15.9 Å². The molecule has 4 nitrogen and oxygen atoms in total. The van der Waals surface area contributed by atoms with Gasteiger partial charge in [-0.3, -0.25) is 4.79 Å². The molecule has 1 saturated heterocycles. The van der Waals surface area contributed by atoms with Crippen molar-refractivity contribution in [3.05, 3.63) is 59.7 Å². The van der Waals surface area contributed by atoms with Gasteiger partial charge in [0.25, 0.3) is 5.91 Å². The maximum atomic E-state index is 12.5. The molecule has 3 rings (SSSR count). The number of hydrogen-bond acceptors (Lipinski definition) is 3. The molecule has 1 amide bonds. The van der Waals surface area contributed by atoms with Crippen molar-refractivity contribution >= 4 is 17.3 Å². The van der Waals surface area contributed by atoms with Gasteiger partial charge >= 0.3 is 0 Å². The molecule has 22 heavy (non-hydrogen) atoms. The summed E-state index contributed by atoms with van der Waals surface area (Å²) in [6.07, 6.45) is 0. The smallest absolute Gasteiger partial charge is 0.253 e. The molecule has 0 spiro atoms. The highest BCUT2D eigenvalue weighted by Crippen LogP contribution is 2.19. The minimum absolute atomic E-state index is 0.122. The molecule has 2 aromatic carbocycles. The molecule has 1 heterocycles. The predicted molar refractivity (Wildman–Crippen MR) is 90.1 cm³/mol.